The summed E-state index contributed by atoms with van der Waals surface area (Å²) >= 11 is 0. The van der Waals surface area contributed by atoms with E-state index in [4.69, 9.17) is 4.42 Å². The van der Waals surface area contributed by atoms with Crippen LogP contribution in [0.3, 0.4) is 0 Å². The number of aryl methyl sites for hydroxylation is 3. The number of rotatable bonds is 4. The standard InChI is InChI=1S/C16H19NO3/c1-10-4-6-13(8-11(10)2)16(19)17-9-14(18)15-7-5-12(3)20-15/h4-8,14,18H,9H2,1-3H3,(H,17,19). The zero-order valence-corrected chi connectivity index (χ0v) is 11.9. The van der Waals surface area contributed by atoms with Crippen LogP contribution in [0.5, 0.6) is 0 Å². The zero-order valence-electron chi connectivity index (χ0n) is 11.9. The van der Waals surface area contributed by atoms with Crippen LogP contribution in [0.15, 0.2) is 34.7 Å². The lowest BCUT2D eigenvalue weighted by Gasteiger charge is -2.10. The molecule has 1 heterocycles. The van der Waals surface area contributed by atoms with Gasteiger partial charge in [-0.2, -0.15) is 0 Å². The lowest BCUT2D eigenvalue weighted by molar-refractivity contribution is 0.0900. The number of hydrogen-bond acceptors (Lipinski definition) is 3. The molecule has 1 aromatic heterocycles. The van der Waals surface area contributed by atoms with Gasteiger partial charge in [0.25, 0.3) is 5.91 Å². The molecular weight excluding hydrogens is 254 g/mol. The molecule has 20 heavy (non-hydrogen) atoms. The highest BCUT2D eigenvalue weighted by molar-refractivity contribution is 5.94. The summed E-state index contributed by atoms with van der Waals surface area (Å²) in [6.07, 6.45) is -0.834. The maximum Gasteiger partial charge on any atom is 0.251 e. The van der Waals surface area contributed by atoms with Gasteiger partial charge in [-0.05, 0) is 56.2 Å². The van der Waals surface area contributed by atoms with Gasteiger partial charge in [0, 0.05) is 5.56 Å². The molecule has 2 N–H and O–H groups in total. The molecule has 0 aliphatic heterocycles. The average Bonchev–Trinajstić information content (AvgIpc) is 2.85. The molecule has 0 bridgehead atoms. The fourth-order valence-corrected chi connectivity index (χ4v) is 1.91. The van der Waals surface area contributed by atoms with Crippen molar-refractivity contribution < 1.29 is 14.3 Å². The van der Waals surface area contributed by atoms with Crippen LogP contribution in [0, 0.1) is 20.8 Å². The third kappa shape index (κ3) is 3.27. The smallest absolute Gasteiger partial charge is 0.251 e. The third-order valence-corrected chi connectivity index (χ3v) is 3.31. The Kier molecular flexibility index (Phi) is 4.25. The molecule has 2 aromatic rings. The van der Waals surface area contributed by atoms with E-state index in [0.717, 1.165) is 16.9 Å². The number of nitrogens with one attached hydrogen (secondary N) is 1. The van der Waals surface area contributed by atoms with E-state index >= 15 is 0 Å². The molecule has 106 valence electrons. The Balaban J connectivity index is 1.96. The third-order valence-electron chi connectivity index (χ3n) is 3.31. The monoisotopic (exact) mass is 273 g/mol. The van der Waals surface area contributed by atoms with Gasteiger partial charge >= 0.3 is 0 Å². The maximum absolute atomic E-state index is 12.0. The van der Waals surface area contributed by atoms with Gasteiger partial charge in [-0.3, -0.25) is 4.79 Å². The van der Waals surface area contributed by atoms with Crippen molar-refractivity contribution in [1.82, 2.24) is 5.32 Å². The minimum atomic E-state index is -0.834. The Morgan fingerprint density at radius 3 is 2.55 bits per heavy atom. The highest BCUT2D eigenvalue weighted by Gasteiger charge is 2.14. The molecule has 4 nitrogen and oxygen atoms in total. The lowest BCUT2D eigenvalue weighted by atomic mass is 10.1. The maximum atomic E-state index is 12.0. The first-order valence-electron chi connectivity index (χ1n) is 6.57. The van der Waals surface area contributed by atoms with Crippen molar-refractivity contribution in [3.05, 3.63) is 58.5 Å². The highest BCUT2D eigenvalue weighted by atomic mass is 16.4. The van der Waals surface area contributed by atoms with E-state index in [9.17, 15) is 9.90 Å². The second kappa shape index (κ2) is 5.92. The SMILES string of the molecule is Cc1ccc(C(O)CNC(=O)c2ccc(C)c(C)c2)o1. The van der Waals surface area contributed by atoms with Crippen molar-refractivity contribution >= 4 is 5.91 Å². The minimum Gasteiger partial charge on any atom is -0.464 e. The van der Waals surface area contributed by atoms with E-state index in [0.29, 0.717) is 11.3 Å². The van der Waals surface area contributed by atoms with Gasteiger partial charge in [0.05, 0.1) is 6.54 Å². The van der Waals surface area contributed by atoms with Crippen LogP contribution >= 0.6 is 0 Å². The van der Waals surface area contributed by atoms with Gasteiger partial charge < -0.3 is 14.8 Å². The highest BCUT2D eigenvalue weighted by Crippen LogP contribution is 2.15. The Hall–Kier alpha value is -2.07. The van der Waals surface area contributed by atoms with E-state index in [1.54, 1.807) is 18.2 Å². The van der Waals surface area contributed by atoms with Gasteiger partial charge in [-0.25, -0.2) is 0 Å². The Morgan fingerprint density at radius 2 is 1.95 bits per heavy atom. The van der Waals surface area contributed by atoms with Crippen LogP contribution in [0.4, 0.5) is 0 Å². The number of aliphatic hydroxyl groups is 1. The predicted molar refractivity (Wildman–Crippen MR) is 76.7 cm³/mol. The lowest BCUT2D eigenvalue weighted by Crippen LogP contribution is -2.28. The van der Waals surface area contributed by atoms with Crippen LogP contribution in [0.1, 0.15) is 39.1 Å². The molecule has 0 aliphatic rings. The van der Waals surface area contributed by atoms with Crippen LogP contribution in [0.2, 0.25) is 0 Å². The Morgan fingerprint density at radius 1 is 1.20 bits per heavy atom. The van der Waals surface area contributed by atoms with Crippen LogP contribution in [-0.4, -0.2) is 17.6 Å². The zero-order chi connectivity index (χ0) is 14.7. The summed E-state index contributed by atoms with van der Waals surface area (Å²) in [5.74, 6) is 0.998. The summed E-state index contributed by atoms with van der Waals surface area (Å²) in [5.41, 5.74) is 2.81. The van der Waals surface area contributed by atoms with Gasteiger partial charge in [-0.1, -0.05) is 6.07 Å². The number of carbonyl (C=O) groups excluding carboxylic acids is 1. The second-order valence-electron chi connectivity index (χ2n) is 4.97. The van der Waals surface area contributed by atoms with Crippen molar-refractivity contribution in [3.8, 4) is 0 Å². The number of amides is 1. The molecule has 0 spiro atoms. The number of benzene rings is 1. The topological polar surface area (TPSA) is 62.5 Å². The van der Waals surface area contributed by atoms with Gasteiger partial charge in [0.15, 0.2) is 0 Å². The molecule has 0 saturated heterocycles. The van der Waals surface area contributed by atoms with E-state index in [2.05, 4.69) is 5.32 Å². The van der Waals surface area contributed by atoms with Crippen molar-refractivity contribution in [2.75, 3.05) is 6.54 Å². The normalized spacial score (nSPS) is 12.2. The number of aliphatic hydroxyl groups excluding tert-OH is 1. The first-order valence-corrected chi connectivity index (χ1v) is 6.57. The minimum absolute atomic E-state index is 0.124. The van der Waals surface area contributed by atoms with Crippen molar-refractivity contribution in [1.29, 1.82) is 0 Å². The van der Waals surface area contributed by atoms with E-state index in [-0.39, 0.29) is 12.5 Å². The Labute approximate surface area is 118 Å². The van der Waals surface area contributed by atoms with Crippen molar-refractivity contribution in [2.24, 2.45) is 0 Å². The van der Waals surface area contributed by atoms with Crippen LogP contribution < -0.4 is 5.32 Å². The first-order chi connectivity index (χ1) is 9.47. The fourth-order valence-electron chi connectivity index (χ4n) is 1.91. The summed E-state index contributed by atoms with van der Waals surface area (Å²) in [6.45, 7) is 5.90. The largest absolute Gasteiger partial charge is 0.464 e. The molecule has 1 aromatic carbocycles. The molecule has 1 atom stereocenters. The molecule has 2 rings (SSSR count). The summed E-state index contributed by atoms with van der Waals surface area (Å²) in [6, 6.07) is 9.03. The van der Waals surface area contributed by atoms with Crippen LogP contribution in [0.25, 0.3) is 0 Å². The summed E-state index contributed by atoms with van der Waals surface area (Å²) in [7, 11) is 0. The Bertz CT molecular complexity index is 616. The summed E-state index contributed by atoms with van der Waals surface area (Å²) in [5, 5.41) is 12.6. The molecule has 0 saturated carbocycles. The van der Waals surface area contributed by atoms with E-state index in [1.165, 1.54) is 0 Å². The molecule has 1 amide bonds. The van der Waals surface area contributed by atoms with Crippen molar-refractivity contribution in [3.63, 3.8) is 0 Å². The van der Waals surface area contributed by atoms with Gasteiger partial charge in [-0.15, -0.1) is 0 Å². The van der Waals surface area contributed by atoms with E-state index in [1.807, 2.05) is 32.9 Å². The van der Waals surface area contributed by atoms with Crippen LogP contribution in [-0.2, 0) is 0 Å². The second-order valence-corrected chi connectivity index (χ2v) is 4.97. The summed E-state index contributed by atoms with van der Waals surface area (Å²) in [4.78, 5) is 12.0. The number of furan rings is 1. The molecule has 0 fully saturated rings. The van der Waals surface area contributed by atoms with E-state index < -0.39 is 6.10 Å². The quantitative estimate of drug-likeness (QED) is 0.900. The molecule has 0 aliphatic carbocycles. The average molecular weight is 273 g/mol. The summed E-state index contributed by atoms with van der Waals surface area (Å²) < 4.78 is 5.32. The molecular formula is C16H19NO3. The number of carbonyl (C=O) groups is 1. The molecule has 0 radical (unpaired) electrons. The molecule has 1 unspecified atom stereocenters. The van der Waals surface area contributed by atoms with Crippen molar-refractivity contribution in [2.45, 2.75) is 26.9 Å². The molecule has 4 heteroatoms. The van der Waals surface area contributed by atoms with Gasteiger partial charge in [0.2, 0.25) is 0 Å². The van der Waals surface area contributed by atoms with Gasteiger partial charge in [0.1, 0.15) is 17.6 Å². The number of hydrogen-bond donors (Lipinski definition) is 2. The fraction of sp³-hybridized carbons (Fsp3) is 0.312. The predicted octanol–water partition coefficient (Wildman–Crippen LogP) is 2.67. The first kappa shape index (κ1) is 14.3.